The molecular weight excluding hydrogens is 406 g/mol. The van der Waals surface area contributed by atoms with Crippen molar-refractivity contribution >= 4 is 28.2 Å². The van der Waals surface area contributed by atoms with Gasteiger partial charge in [-0.1, -0.05) is 29.8 Å². The second kappa shape index (κ2) is 8.58. The summed E-state index contributed by atoms with van der Waals surface area (Å²) >= 11 is 6.04. The van der Waals surface area contributed by atoms with E-state index in [0.717, 1.165) is 64.7 Å². The predicted octanol–water partition coefficient (Wildman–Crippen LogP) is 6.10. The van der Waals surface area contributed by atoms with E-state index in [1.54, 1.807) is 6.20 Å². The molecule has 4 nitrogen and oxygen atoms in total. The largest absolute Gasteiger partial charge is 0.457 e. The normalized spacial score (nSPS) is 14.7. The van der Waals surface area contributed by atoms with Gasteiger partial charge in [0.05, 0.1) is 5.52 Å². The number of piperazine rings is 1. The molecule has 2 heterocycles. The van der Waals surface area contributed by atoms with Crippen LogP contribution in [0.25, 0.3) is 22.0 Å². The maximum atomic E-state index is 6.27. The summed E-state index contributed by atoms with van der Waals surface area (Å²) in [5.41, 5.74) is 4.36. The quantitative estimate of drug-likeness (QED) is 0.392. The van der Waals surface area contributed by atoms with Crippen molar-refractivity contribution in [2.45, 2.75) is 0 Å². The molecule has 3 aromatic carbocycles. The van der Waals surface area contributed by atoms with Gasteiger partial charge in [0.25, 0.3) is 0 Å². The number of rotatable bonds is 4. The molecule has 1 aliphatic heterocycles. The molecule has 5 heteroatoms. The summed E-state index contributed by atoms with van der Waals surface area (Å²) in [4.78, 5) is 9.28. The summed E-state index contributed by atoms with van der Waals surface area (Å²) in [5.74, 6) is 1.62. The molecule has 0 N–H and O–H groups in total. The van der Waals surface area contributed by atoms with Crippen LogP contribution in [-0.4, -0.2) is 43.1 Å². The molecule has 0 spiro atoms. The van der Waals surface area contributed by atoms with E-state index in [4.69, 9.17) is 16.3 Å². The van der Waals surface area contributed by atoms with E-state index in [-0.39, 0.29) is 0 Å². The first-order chi connectivity index (χ1) is 15.2. The minimum absolute atomic E-state index is 0.732. The first-order valence-corrected chi connectivity index (χ1v) is 10.9. The number of aromatic nitrogens is 1. The number of anilines is 1. The van der Waals surface area contributed by atoms with Crippen molar-refractivity contribution in [3.8, 4) is 22.6 Å². The highest BCUT2D eigenvalue weighted by Crippen LogP contribution is 2.33. The Kier molecular flexibility index (Phi) is 5.49. The maximum Gasteiger partial charge on any atom is 0.138 e. The smallest absolute Gasteiger partial charge is 0.138 e. The number of benzene rings is 3. The molecule has 0 unspecified atom stereocenters. The zero-order valence-corrected chi connectivity index (χ0v) is 18.2. The monoisotopic (exact) mass is 429 g/mol. The molecule has 0 saturated carbocycles. The summed E-state index contributed by atoms with van der Waals surface area (Å²) < 4.78 is 6.27. The highest BCUT2D eigenvalue weighted by molar-refractivity contribution is 6.30. The van der Waals surface area contributed by atoms with E-state index in [2.05, 4.69) is 46.1 Å². The molecule has 4 aromatic rings. The van der Waals surface area contributed by atoms with Gasteiger partial charge in [-0.05, 0) is 72.8 Å². The van der Waals surface area contributed by atoms with Crippen LogP contribution in [-0.2, 0) is 0 Å². The molecular formula is C26H24ClN3O. The number of pyridine rings is 1. The average Bonchev–Trinajstić information content (AvgIpc) is 2.81. The zero-order valence-electron chi connectivity index (χ0n) is 17.5. The van der Waals surface area contributed by atoms with Crippen LogP contribution in [0.3, 0.4) is 0 Å². The molecule has 5 rings (SSSR count). The molecule has 0 aliphatic carbocycles. The number of fused-ring (bicyclic) bond motifs is 1. The average molecular weight is 430 g/mol. The third-order valence-corrected chi connectivity index (χ3v) is 6.06. The molecule has 0 atom stereocenters. The summed E-state index contributed by atoms with van der Waals surface area (Å²) in [6.45, 7) is 4.30. The van der Waals surface area contributed by atoms with E-state index < -0.39 is 0 Å². The van der Waals surface area contributed by atoms with Gasteiger partial charge in [0.15, 0.2) is 0 Å². The lowest BCUT2D eigenvalue weighted by Gasteiger charge is -2.34. The fourth-order valence-electron chi connectivity index (χ4n) is 3.95. The first kappa shape index (κ1) is 19.9. The van der Waals surface area contributed by atoms with Crippen molar-refractivity contribution in [2.24, 2.45) is 0 Å². The Labute approximate surface area is 187 Å². The fraction of sp³-hybridized carbons (Fsp3) is 0.192. The topological polar surface area (TPSA) is 28.6 Å². The molecule has 1 aromatic heterocycles. The molecule has 1 aliphatic rings. The van der Waals surface area contributed by atoms with Gasteiger partial charge in [0.2, 0.25) is 0 Å². The molecule has 0 radical (unpaired) electrons. The number of halogens is 1. The van der Waals surface area contributed by atoms with Gasteiger partial charge in [-0.3, -0.25) is 4.98 Å². The van der Waals surface area contributed by atoms with Gasteiger partial charge in [-0.2, -0.15) is 0 Å². The first-order valence-electron chi connectivity index (χ1n) is 10.5. The Hall–Kier alpha value is -3.08. The molecule has 31 heavy (non-hydrogen) atoms. The van der Waals surface area contributed by atoms with Crippen LogP contribution < -0.4 is 9.64 Å². The zero-order chi connectivity index (χ0) is 21.2. The Morgan fingerprint density at radius 1 is 0.806 bits per heavy atom. The second-order valence-corrected chi connectivity index (χ2v) is 8.37. The minimum Gasteiger partial charge on any atom is -0.457 e. The molecule has 0 amide bonds. The third kappa shape index (κ3) is 4.36. The second-order valence-electron chi connectivity index (χ2n) is 7.93. The lowest BCUT2D eigenvalue weighted by molar-refractivity contribution is 0.313. The van der Waals surface area contributed by atoms with Crippen molar-refractivity contribution in [1.29, 1.82) is 0 Å². The molecule has 1 saturated heterocycles. The van der Waals surface area contributed by atoms with Crippen molar-refractivity contribution in [3.05, 3.63) is 84.0 Å². The van der Waals surface area contributed by atoms with E-state index in [1.165, 1.54) is 5.69 Å². The van der Waals surface area contributed by atoms with E-state index in [1.807, 2.05) is 48.5 Å². The van der Waals surface area contributed by atoms with Gasteiger partial charge in [-0.15, -0.1) is 0 Å². The third-order valence-electron chi connectivity index (χ3n) is 5.81. The number of likely N-dealkylation sites (N-methyl/N-ethyl adjacent to an activating group) is 1. The van der Waals surface area contributed by atoms with Crippen molar-refractivity contribution < 1.29 is 4.74 Å². The predicted molar refractivity (Wildman–Crippen MR) is 128 cm³/mol. The number of hydrogen-bond acceptors (Lipinski definition) is 4. The Morgan fingerprint density at radius 3 is 2.26 bits per heavy atom. The van der Waals surface area contributed by atoms with Crippen LogP contribution in [0.1, 0.15) is 0 Å². The van der Waals surface area contributed by atoms with Crippen LogP contribution in [0.15, 0.2) is 79.0 Å². The van der Waals surface area contributed by atoms with Gasteiger partial charge >= 0.3 is 0 Å². The summed E-state index contributed by atoms with van der Waals surface area (Å²) in [5, 5.41) is 1.72. The van der Waals surface area contributed by atoms with E-state index >= 15 is 0 Å². The summed E-state index contributed by atoms with van der Waals surface area (Å²) in [6.07, 6.45) is 1.79. The van der Waals surface area contributed by atoms with E-state index in [9.17, 15) is 0 Å². The molecule has 0 bridgehead atoms. The number of ether oxygens (including phenoxy) is 1. The van der Waals surface area contributed by atoms with Gasteiger partial charge < -0.3 is 14.5 Å². The molecule has 1 fully saturated rings. The highest BCUT2D eigenvalue weighted by atomic mass is 35.5. The lowest BCUT2D eigenvalue weighted by atomic mass is 10.0. The van der Waals surface area contributed by atoms with Gasteiger partial charge in [0, 0.05) is 48.5 Å². The maximum absolute atomic E-state index is 6.27. The van der Waals surface area contributed by atoms with Crippen molar-refractivity contribution in [1.82, 2.24) is 9.88 Å². The lowest BCUT2D eigenvalue weighted by Crippen LogP contribution is -2.44. The standard InChI is InChI=1S/C26H24ClN3O/c1-29-14-16-30(17-15-29)22-7-9-23(10-8-22)31-26-12-13-28-25-11-4-20(18-24(25)26)19-2-5-21(27)6-3-19/h2-13,18H,14-17H2,1H3. The van der Waals surface area contributed by atoms with Gasteiger partial charge in [-0.25, -0.2) is 0 Å². The highest BCUT2D eigenvalue weighted by Gasteiger charge is 2.14. The van der Waals surface area contributed by atoms with Crippen LogP contribution in [0.5, 0.6) is 11.5 Å². The van der Waals surface area contributed by atoms with Crippen LogP contribution in [0.2, 0.25) is 5.02 Å². The number of nitrogens with zero attached hydrogens (tertiary/aromatic N) is 3. The van der Waals surface area contributed by atoms with Crippen LogP contribution >= 0.6 is 11.6 Å². The van der Waals surface area contributed by atoms with Crippen LogP contribution in [0, 0.1) is 0 Å². The Morgan fingerprint density at radius 2 is 1.52 bits per heavy atom. The Balaban J connectivity index is 1.41. The van der Waals surface area contributed by atoms with Crippen molar-refractivity contribution in [3.63, 3.8) is 0 Å². The van der Waals surface area contributed by atoms with Gasteiger partial charge in [0.1, 0.15) is 11.5 Å². The fourth-order valence-corrected chi connectivity index (χ4v) is 4.07. The molecule has 156 valence electrons. The van der Waals surface area contributed by atoms with Crippen molar-refractivity contribution in [2.75, 3.05) is 38.1 Å². The summed E-state index contributed by atoms with van der Waals surface area (Å²) in [7, 11) is 2.17. The minimum atomic E-state index is 0.732. The Bertz CT molecular complexity index is 1180. The summed E-state index contributed by atoms with van der Waals surface area (Å²) in [6, 6.07) is 24.4. The number of hydrogen-bond donors (Lipinski definition) is 0. The van der Waals surface area contributed by atoms with Crippen LogP contribution in [0.4, 0.5) is 5.69 Å². The SMILES string of the molecule is CN1CCN(c2ccc(Oc3ccnc4ccc(-c5ccc(Cl)cc5)cc34)cc2)CC1. The van der Waals surface area contributed by atoms with E-state index in [0.29, 0.717) is 0 Å².